The van der Waals surface area contributed by atoms with E-state index in [0.717, 1.165) is 5.56 Å². The second-order valence-electron chi connectivity index (χ2n) is 6.20. The average Bonchev–Trinajstić information content (AvgIpc) is 2.62. The van der Waals surface area contributed by atoms with Crippen LogP contribution in [0.25, 0.3) is 0 Å². The van der Waals surface area contributed by atoms with Gasteiger partial charge in [-0.15, -0.1) is 0 Å². The summed E-state index contributed by atoms with van der Waals surface area (Å²) in [6.07, 6.45) is 0. The van der Waals surface area contributed by atoms with Gasteiger partial charge in [-0.2, -0.15) is 0 Å². The highest BCUT2D eigenvalue weighted by atomic mass is 35.5. The summed E-state index contributed by atoms with van der Waals surface area (Å²) in [5.41, 5.74) is 1.52. The van der Waals surface area contributed by atoms with Crippen molar-refractivity contribution in [3.05, 3.63) is 77.8 Å². The number of nitro groups is 2. The van der Waals surface area contributed by atoms with E-state index in [1.807, 2.05) is 41.5 Å². The molecule has 0 bridgehead atoms. The third-order valence-corrected chi connectivity index (χ3v) is 4.18. The molecule has 0 fully saturated rings. The first-order valence-corrected chi connectivity index (χ1v) is 9.68. The zero-order valence-electron chi connectivity index (χ0n) is 16.9. The van der Waals surface area contributed by atoms with Crippen molar-refractivity contribution in [2.45, 2.75) is 53.4 Å². The van der Waals surface area contributed by atoms with E-state index in [0.29, 0.717) is 15.6 Å². The third kappa shape index (κ3) is 7.44. The average molecular weight is 429 g/mol. The lowest BCUT2D eigenvalue weighted by Crippen LogP contribution is -1.97. The summed E-state index contributed by atoms with van der Waals surface area (Å²) in [6, 6.07) is 9.49. The Hall–Kier alpha value is -2.18. The van der Waals surface area contributed by atoms with Gasteiger partial charge in [0.1, 0.15) is 0 Å². The molecule has 0 N–H and O–H groups in total. The highest BCUT2D eigenvalue weighted by Gasteiger charge is 2.18. The summed E-state index contributed by atoms with van der Waals surface area (Å²) in [4.78, 5) is 20.4. The Morgan fingerprint density at radius 3 is 1.75 bits per heavy atom. The quantitative estimate of drug-likeness (QED) is 0.367. The molecule has 0 aliphatic heterocycles. The molecule has 0 aromatic heterocycles. The second-order valence-corrected chi connectivity index (χ2v) is 7.04. The van der Waals surface area contributed by atoms with Crippen molar-refractivity contribution in [2.24, 2.45) is 0 Å². The topological polar surface area (TPSA) is 86.3 Å². The first-order chi connectivity index (χ1) is 13.1. The molecule has 6 nitrogen and oxygen atoms in total. The van der Waals surface area contributed by atoms with Crippen molar-refractivity contribution >= 4 is 34.6 Å². The van der Waals surface area contributed by atoms with Gasteiger partial charge in [0.15, 0.2) is 0 Å². The normalized spacial score (nSPS) is 9.93. The standard InChI is InChI=1S/2C9H10ClNO2.C2H6/c1-6(2)8-4-3-7(10)5-9(8)11(12)13;1-6(2)9-7(10)4-3-5-8(9)11(12)13;1-2/h2*3-6H,1-2H3;1-2H3. The van der Waals surface area contributed by atoms with Gasteiger partial charge in [-0.25, -0.2) is 0 Å². The first kappa shape index (κ1) is 25.8. The van der Waals surface area contributed by atoms with E-state index in [4.69, 9.17) is 23.2 Å². The number of benzene rings is 2. The molecule has 154 valence electrons. The predicted octanol–water partition coefficient (Wildman–Crippen LogP) is 7.77. The largest absolute Gasteiger partial charge is 0.274 e. The molecule has 0 saturated heterocycles. The molecule has 2 aromatic rings. The molecule has 8 heteroatoms. The lowest BCUT2D eigenvalue weighted by Gasteiger charge is -2.07. The third-order valence-electron chi connectivity index (χ3n) is 3.62. The highest BCUT2D eigenvalue weighted by Crippen LogP contribution is 2.32. The van der Waals surface area contributed by atoms with Crippen LogP contribution in [0.5, 0.6) is 0 Å². The van der Waals surface area contributed by atoms with E-state index >= 15 is 0 Å². The molecule has 0 spiro atoms. The fourth-order valence-electron chi connectivity index (χ4n) is 2.42. The molecular weight excluding hydrogens is 403 g/mol. The van der Waals surface area contributed by atoms with E-state index in [1.165, 1.54) is 12.1 Å². The number of halogens is 2. The van der Waals surface area contributed by atoms with E-state index < -0.39 is 9.85 Å². The van der Waals surface area contributed by atoms with Gasteiger partial charge in [0.2, 0.25) is 0 Å². The van der Waals surface area contributed by atoms with Crippen molar-refractivity contribution < 1.29 is 9.85 Å². The van der Waals surface area contributed by atoms with Gasteiger partial charge in [-0.1, -0.05) is 76.9 Å². The van der Waals surface area contributed by atoms with Crippen molar-refractivity contribution in [3.8, 4) is 0 Å². The minimum Gasteiger partial charge on any atom is -0.258 e. The summed E-state index contributed by atoms with van der Waals surface area (Å²) >= 11 is 11.5. The Morgan fingerprint density at radius 1 is 0.821 bits per heavy atom. The van der Waals surface area contributed by atoms with E-state index in [-0.39, 0.29) is 23.2 Å². The van der Waals surface area contributed by atoms with Crippen LogP contribution in [0.3, 0.4) is 0 Å². The van der Waals surface area contributed by atoms with Crippen molar-refractivity contribution in [1.29, 1.82) is 0 Å². The van der Waals surface area contributed by atoms with E-state index in [2.05, 4.69) is 0 Å². The summed E-state index contributed by atoms with van der Waals surface area (Å²) in [5.74, 6) is 0.201. The van der Waals surface area contributed by atoms with Crippen LogP contribution in [0, 0.1) is 20.2 Å². The minimum absolute atomic E-state index is 0.0640. The Morgan fingerprint density at radius 2 is 1.36 bits per heavy atom. The van der Waals surface area contributed by atoms with E-state index in [1.54, 1.807) is 24.3 Å². The molecule has 0 heterocycles. The zero-order valence-corrected chi connectivity index (χ0v) is 18.4. The predicted molar refractivity (Wildman–Crippen MR) is 116 cm³/mol. The van der Waals surface area contributed by atoms with Gasteiger partial charge in [0.05, 0.1) is 20.4 Å². The SMILES string of the molecule is CC.CC(C)c1c(Cl)cccc1[N+](=O)[O-].CC(C)c1ccc(Cl)cc1[N+](=O)[O-]. The molecule has 0 amide bonds. The van der Waals surface area contributed by atoms with Gasteiger partial charge < -0.3 is 0 Å². The van der Waals surface area contributed by atoms with Crippen LogP contribution in [-0.2, 0) is 0 Å². The minimum atomic E-state index is -0.402. The van der Waals surface area contributed by atoms with Crippen molar-refractivity contribution in [1.82, 2.24) is 0 Å². The fourth-order valence-corrected chi connectivity index (χ4v) is 2.97. The molecule has 0 atom stereocenters. The lowest BCUT2D eigenvalue weighted by molar-refractivity contribution is -0.385. The maximum absolute atomic E-state index is 10.6. The highest BCUT2D eigenvalue weighted by molar-refractivity contribution is 6.31. The number of nitro benzene ring substituents is 2. The van der Waals surface area contributed by atoms with Crippen LogP contribution >= 0.6 is 23.2 Å². The summed E-state index contributed by atoms with van der Waals surface area (Å²) in [5, 5.41) is 22.1. The molecule has 28 heavy (non-hydrogen) atoms. The number of hydrogen-bond acceptors (Lipinski definition) is 4. The summed E-state index contributed by atoms with van der Waals surface area (Å²) in [6.45, 7) is 11.6. The van der Waals surface area contributed by atoms with Crippen molar-refractivity contribution in [3.63, 3.8) is 0 Å². The summed E-state index contributed by atoms with van der Waals surface area (Å²) < 4.78 is 0. The molecule has 0 radical (unpaired) electrons. The smallest absolute Gasteiger partial charge is 0.258 e. The monoisotopic (exact) mass is 428 g/mol. The molecule has 0 unspecified atom stereocenters. The molecule has 0 aliphatic carbocycles. The van der Waals surface area contributed by atoms with Crippen LogP contribution in [0.2, 0.25) is 10.0 Å². The Bertz CT molecular complexity index is 797. The van der Waals surface area contributed by atoms with Gasteiger partial charge in [-0.3, -0.25) is 20.2 Å². The lowest BCUT2D eigenvalue weighted by atomic mass is 10.0. The first-order valence-electron chi connectivity index (χ1n) is 8.92. The number of rotatable bonds is 4. The van der Waals surface area contributed by atoms with E-state index in [9.17, 15) is 20.2 Å². The Labute approximate surface area is 175 Å². The molecule has 0 aliphatic rings. The van der Waals surface area contributed by atoms with Gasteiger partial charge >= 0.3 is 0 Å². The van der Waals surface area contributed by atoms with Gasteiger partial charge in [-0.05, 0) is 24.0 Å². The maximum atomic E-state index is 10.6. The van der Waals surface area contributed by atoms with Crippen LogP contribution in [0.1, 0.15) is 64.5 Å². The zero-order chi connectivity index (χ0) is 22.0. The molecule has 2 aromatic carbocycles. The fraction of sp³-hybridized carbons (Fsp3) is 0.400. The summed E-state index contributed by atoms with van der Waals surface area (Å²) in [7, 11) is 0. The van der Waals surface area contributed by atoms with Crippen molar-refractivity contribution in [2.75, 3.05) is 0 Å². The van der Waals surface area contributed by atoms with Crippen LogP contribution in [-0.4, -0.2) is 9.85 Å². The van der Waals surface area contributed by atoms with Gasteiger partial charge in [0, 0.05) is 22.7 Å². The number of nitrogens with zero attached hydrogens (tertiary/aromatic N) is 2. The van der Waals surface area contributed by atoms with Crippen LogP contribution < -0.4 is 0 Å². The van der Waals surface area contributed by atoms with Gasteiger partial charge in [0.25, 0.3) is 11.4 Å². The maximum Gasteiger partial charge on any atom is 0.274 e. The Kier molecular flexibility index (Phi) is 11.4. The van der Waals surface area contributed by atoms with Crippen LogP contribution in [0.15, 0.2) is 36.4 Å². The molecule has 2 rings (SSSR count). The Balaban J connectivity index is 0.000000478. The van der Waals surface area contributed by atoms with Crippen LogP contribution in [0.4, 0.5) is 11.4 Å². The molecular formula is C20H26Cl2N2O4. The molecule has 0 saturated carbocycles. The second kappa shape index (κ2) is 12.3. The number of hydrogen-bond donors (Lipinski definition) is 0.